The van der Waals surface area contributed by atoms with Gasteiger partial charge in [0.1, 0.15) is 6.54 Å². The van der Waals surface area contributed by atoms with Crippen molar-refractivity contribution in [3.8, 4) is 0 Å². The first-order valence-electron chi connectivity index (χ1n) is 10.1. The molecule has 0 heterocycles. The number of carbonyl (C=O) groups excluding carboxylic acids is 2. The molecule has 0 aromatic heterocycles. The number of hydrogen-bond donors (Lipinski definition) is 2. The van der Waals surface area contributed by atoms with Crippen LogP contribution in [0.1, 0.15) is 56.5 Å². The van der Waals surface area contributed by atoms with Gasteiger partial charge in [-0.15, -0.1) is 0 Å². The molecule has 0 saturated heterocycles. The lowest BCUT2D eigenvalue weighted by Crippen LogP contribution is -2.41. The topological polar surface area (TPSA) is 95.6 Å². The Morgan fingerprint density at radius 2 is 1.58 bits per heavy atom. The third-order valence-electron chi connectivity index (χ3n) is 4.47. The molecule has 7 nitrogen and oxygen atoms in total. The molecule has 2 aromatic carbocycles. The predicted octanol–water partition coefficient (Wildman–Crippen LogP) is 3.74. The molecule has 0 atom stereocenters. The second-order valence-electron chi connectivity index (χ2n) is 8.81. The van der Waals surface area contributed by atoms with Crippen molar-refractivity contribution in [2.75, 3.05) is 22.4 Å². The Labute approximate surface area is 184 Å². The summed E-state index contributed by atoms with van der Waals surface area (Å²) in [5.41, 5.74) is 1.65. The summed E-state index contributed by atoms with van der Waals surface area (Å²) in [5.74, 6) is -0.568. The lowest BCUT2D eigenvalue weighted by atomic mass is 10.0. The van der Waals surface area contributed by atoms with Crippen molar-refractivity contribution in [2.45, 2.75) is 46.1 Å². The van der Waals surface area contributed by atoms with Gasteiger partial charge in [-0.25, -0.2) is 8.42 Å². The van der Waals surface area contributed by atoms with Gasteiger partial charge in [0.05, 0.1) is 23.2 Å². The lowest BCUT2D eigenvalue weighted by molar-refractivity contribution is -0.114. The van der Waals surface area contributed by atoms with Crippen LogP contribution in [0.25, 0.3) is 0 Å². The number of hydrogen-bond acceptors (Lipinski definition) is 4. The van der Waals surface area contributed by atoms with Crippen molar-refractivity contribution in [3.05, 3.63) is 59.7 Å². The molecule has 0 bridgehead atoms. The fourth-order valence-corrected chi connectivity index (χ4v) is 3.80. The van der Waals surface area contributed by atoms with E-state index in [-0.39, 0.29) is 5.91 Å². The van der Waals surface area contributed by atoms with Gasteiger partial charge in [0, 0.05) is 5.54 Å². The highest BCUT2D eigenvalue weighted by Gasteiger charge is 2.23. The van der Waals surface area contributed by atoms with Crippen molar-refractivity contribution in [1.82, 2.24) is 5.32 Å². The van der Waals surface area contributed by atoms with Crippen LogP contribution < -0.4 is 14.9 Å². The molecule has 2 aromatic rings. The van der Waals surface area contributed by atoms with E-state index in [0.717, 1.165) is 16.1 Å². The van der Waals surface area contributed by atoms with Crippen molar-refractivity contribution in [2.24, 2.45) is 0 Å². The molecular formula is C23H31N3O4S. The van der Waals surface area contributed by atoms with E-state index in [1.807, 2.05) is 46.8 Å². The minimum atomic E-state index is -3.70. The van der Waals surface area contributed by atoms with Gasteiger partial charge in [-0.05, 0) is 56.5 Å². The summed E-state index contributed by atoms with van der Waals surface area (Å²) >= 11 is 0. The Bertz CT molecular complexity index is 1040. The predicted molar refractivity (Wildman–Crippen MR) is 125 cm³/mol. The van der Waals surface area contributed by atoms with Crippen molar-refractivity contribution < 1.29 is 18.0 Å². The molecule has 0 spiro atoms. The number of carbonyl (C=O) groups is 2. The van der Waals surface area contributed by atoms with Crippen LogP contribution in [0.15, 0.2) is 48.5 Å². The van der Waals surface area contributed by atoms with Gasteiger partial charge in [-0.3, -0.25) is 13.9 Å². The second kappa shape index (κ2) is 9.51. The number of rotatable bonds is 7. The summed E-state index contributed by atoms with van der Waals surface area (Å²) in [5, 5.41) is 5.53. The number of anilines is 2. The van der Waals surface area contributed by atoms with Crippen LogP contribution >= 0.6 is 0 Å². The Morgan fingerprint density at radius 3 is 2.10 bits per heavy atom. The maximum atomic E-state index is 12.7. The largest absolute Gasteiger partial charge is 0.347 e. The summed E-state index contributed by atoms with van der Waals surface area (Å²) in [6, 6.07) is 13.7. The molecule has 0 radical (unpaired) electrons. The average Bonchev–Trinajstić information content (AvgIpc) is 2.64. The number of benzene rings is 2. The van der Waals surface area contributed by atoms with Crippen LogP contribution in [-0.4, -0.2) is 38.6 Å². The number of nitrogens with one attached hydrogen (secondary N) is 2. The molecule has 0 aliphatic rings. The van der Waals surface area contributed by atoms with Crippen LogP contribution in [0, 0.1) is 0 Å². The third kappa shape index (κ3) is 7.10. The standard InChI is InChI=1S/C23H31N3O4S/c1-16(2)17-11-13-18(14-12-17)26(31(6,29)30)15-21(27)24-20-10-8-7-9-19(20)22(28)25-23(3,4)5/h7-14,16H,15H2,1-6H3,(H,24,27)(H,25,28). The van der Waals surface area contributed by atoms with Crippen LogP contribution in [0.4, 0.5) is 11.4 Å². The summed E-state index contributed by atoms with van der Waals surface area (Å²) in [6.07, 6.45) is 1.06. The maximum Gasteiger partial charge on any atom is 0.253 e. The van der Waals surface area contributed by atoms with Gasteiger partial charge in [-0.2, -0.15) is 0 Å². The van der Waals surface area contributed by atoms with E-state index < -0.39 is 28.0 Å². The smallest absolute Gasteiger partial charge is 0.253 e. The van der Waals surface area contributed by atoms with Gasteiger partial charge in [0.15, 0.2) is 0 Å². The lowest BCUT2D eigenvalue weighted by Gasteiger charge is -2.23. The molecule has 0 unspecified atom stereocenters. The number of amides is 2. The highest BCUT2D eigenvalue weighted by molar-refractivity contribution is 7.92. The molecule has 2 N–H and O–H groups in total. The summed E-state index contributed by atoms with van der Waals surface area (Å²) in [6.45, 7) is 9.27. The zero-order chi connectivity index (χ0) is 23.4. The van der Waals surface area contributed by atoms with Crippen LogP contribution in [-0.2, 0) is 14.8 Å². The van der Waals surface area contributed by atoms with E-state index in [9.17, 15) is 18.0 Å². The minimum Gasteiger partial charge on any atom is -0.347 e. The Hall–Kier alpha value is -2.87. The summed E-state index contributed by atoms with van der Waals surface area (Å²) < 4.78 is 25.8. The Morgan fingerprint density at radius 1 is 1.00 bits per heavy atom. The van der Waals surface area contributed by atoms with E-state index in [2.05, 4.69) is 10.6 Å². The van der Waals surface area contributed by atoms with E-state index in [0.29, 0.717) is 22.9 Å². The van der Waals surface area contributed by atoms with Gasteiger partial charge >= 0.3 is 0 Å². The summed E-state index contributed by atoms with van der Waals surface area (Å²) in [4.78, 5) is 25.3. The zero-order valence-corrected chi connectivity index (χ0v) is 19.7. The fraction of sp³-hybridized carbons (Fsp3) is 0.391. The van der Waals surface area contributed by atoms with E-state index in [4.69, 9.17) is 0 Å². The first kappa shape index (κ1) is 24.4. The van der Waals surface area contributed by atoms with E-state index in [1.54, 1.807) is 36.4 Å². The highest BCUT2D eigenvalue weighted by Crippen LogP contribution is 2.22. The molecule has 0 aliphatic carbocycles. The zero-order valence-electron chi connectivity index (χ0n) is 18.9. The SMILES string of the molecule is CC(C)c1ccc(N(CC(=O)Nc2ccccc2C(=O)NC(C)(C)C)S(C)(=O)=O)cc1. The van der Waals surface area contributed by atoms with Gasteiger partial charge in [0.2, 0.25) is 15.9 Å². The van der Waals surface area contributed by atoms with Gasteiger partial charge in [-0.1, -0.05) is 38.1 Å². The van der Waals surface area contributed by atoms with Crippen molar-refractivity contribution in [3.63, 3.8) is 0 Å². The van der Waals surface area contributed by atoms with Crippen LogP contribution in [0.2, 0.25) is 0 Å². The van der Waals surface area contributed by atoms with Gasteiger partial charge < -0.3 is 10.6 Å². The quantitative estimate of drug-likeness (QED) is 0.679. The Kier molecular flexibility index (Phi) is 7.49. The van der Waals surface area contributed by atoms with Crippen LogP contribution in [0.3, 0.4) is 0 Å². The highest BCUT2D eigenvalue weighted by atomic mass is 32.2. The molecule has 2 rings (SSSR count). The number of sulfonamides is 1. The molecule has 2 amide bonds. The molecule has 8 heteroatoms. The molecule has 0 fully saturated rings. The number of nitrogens with zero attached hydrogens (tertiary/aromatic N) is 1. The Balaban J connectivity index is 2.24. The minimum absolute atomic E-state index is 0.304. The maximum absolute atomic E-state index is 12.7. The van der Waals surface area contributed by atoms with Crippen molar-refractivity contribution in [1.29, 1.82) is 0 Å². The van der Waals surface area contributed by atoms with E-state index >= 15 is 0 Å². The molecule has 31 heavy (non-hydrogen) atoms. The first-order valence-corrected chi connectivity index (χ1v) is 11.9. The van der Waals surface area contributed by atoms with Gasteiger partial charge in [0.25, 0.3) is 5.91 Å². The summed E-state index contributed by atoms with van der Waals surface area (Å²) in [7, 11) is -3.70. The normalized spacial score (nSPS) is 11.8. The fourth-order valence-electron chi connectivity index (χ4n) is 2.94. The first-order chi connectivity index (χ1) is 14.3. The van der Waals surface area contributed by atoms with Crippen LogP contribution in [0.5, 0.6) is 0 Å². The molecule has 0 aliphatic heterocycles. The monoisotopic (exact) mass is 445 g/mol. The average molecular weight is 446 g/mol. The third-order valence-corrected chi connectivity index (χ3v) is 5.61. The number of para-hydroxylation sites is 1. The molecule has 168 valence electrons. The second-order valence-corrected chi connectivity index (χ2v) is 10.7. The molecule has 0 saturated carbocycles. The van der Waals surface area contributed by atoms with E-state index in [1.165, 1.54) is 0 Å². The molecular weight excluding hydrogens is 414 g/mol. The van der Waals surface area contributed by atoms with Crippen molar-refractivity contribution >= 4 is 33.2 Å².